The first kappa shape index (κ1) is 14.4. The summed E-state index contributed by atoms with van der Waals surface area (Å²) in [4.78, 5) is 0. The van der Waals surface area contributed by atoms with Crippen LogP contribution in [-0.2, 0) is 11.2 Å². The molecule has 1 aromatic carbocycles. The molecule has 1 saturated heterocycles. The maximum absolute atomic E-state index is 5.76. The molecule has 2 atom stereocenters. The molecule has 106 valence electrons. The zero-order valence-electron chi connectivity index (χ0n) is 12.0. The molecular formula is C16H25NO2. The third kappa shape index (κ3) is 4.51. The molecule has 3 heteroatoms. The molecule has 0 spiro atoms. The van der Waals surface area contributed by atoms with Gasteiger partial charge in [0, 0.05) is 6.61 Å². The second kappa shape index (κ2) is 7.51. The van der Waals surface area contributed by atoms with Crippen LogP contribution in [0.2, 0.25) is 0 Å². The second-order valence-electron chi connectivity index (χ2n) is 5.35. The maximum Gasteiger partial charge on any atom is 0.118 e. The zero-order chi connectivity index (χ0) is 13.5. The molecule has 1 aromatic rings. The summed E-state index contributed by atoms with van der Waals surface area (Å²) in [6.07, 6.45) is 5.18. The van der Waals surface area contributed by atoms with E-state index in [0.717, 1.165) is 31.7 Å². The van der Waals surface area contributed by atoms with E-state index in [4.69, 9.17) is 9.47 Å². The number of rotatable bonds is 7. The van der Waals surface area contributed by atoms with Crippen LogP contribution in [0.1, 0.15) is 24.8 Å². The summed E-state index contributed by atoms with van der Waals surface area (Å²) in [5.41, 5.74) is 1.37. The van der Waals surface area contributed by atoms with Crippen molar-refractivity contribution in [2.45, 2.75) is 31.8 Å². The molecule has 1 fully saturated rings. The molecule has 0 radical (unpaired) electrons. The van der Waals surface area contributed by atoms with Crippen molar-refractivity contribution in [3.05, 3.63) is 29.8 Å². The molecule has 1 aliphatic heterocycles. The van der Waals surface area contributed by atoms with Gasteiger partial charge in [-0.1, -0.05) is 12.1 Å². The van der Waals surface area contributed by atoms with E-state index in [9.17, 15) is 0 Å². The summed E-state index contributed by atoms with van der Waals surface area (Å²) < 4.78 is 11.0. The molecule has 3 nitrogen and oxygen atoms in total. The largest absolute Gasteiger partial charge is 0.497 e. The first-order valence-electron chi connectivity index (χ1n) is 7.21. The molecular weight excluding hydrogens is 238 g/mol. The lowest BCUT2D eigenvalue weighted by molar-refractivity contribution is 0.0895. The average molecular weight is 263 g/mol. The van der Waals surface area contributed by atoms with Crippen molar-refractivity contribution in [1.29, 1.82) is 0 Å². The Morgan fingerprint density at radius 1 is 1.37 bits per heavy atom. The van der Waals surface area contributed by atoms with E-state index in [1.165, 1.54) is 18.4 Å². The monoisotopic (exact) mass is 263 g/mol. The molecule has 2 rings (SSSR count). The Hall–Kier alpha value is -1.06. The van der Waals surface area contributed by atoms with Crippen LogP contribution in [0.4, 0.5) is 0 Å². The minimum atomic E-state index is 0.469. The van der Waals surface area contributed by atoms with Gasteiger partial charge in [-0.2, -0.15) is 0 Å². The lowest BCUT2D eigenvalue weighted by atomic mass is 9.92. The minimum absolute atomic E-state index is 0.469. The maximum atomic E-state index is 5.76. The Morgan fingerprint density at radius 3 is 2.74 bits per heavy atom. The highest BCUT2D eigenvalue weighted by Crippen LogP contribution is 2.23. The normalized spacial score (nSPS) is 20.4. The van der Waals surface area contributed by atoms with Gasteiger partial charge in [0.1, 0.15) is 5.75 Å². The first-order valence-corrected chi connectivity index (χ1v) is 7.21. The summed E-state index contributed by atoms with van der Waals surface area (Å²) in [7, 11) is 3.73. The fraction of sp³-hybridized carbons (Fsp3) is 0.625. The van der Waals surface area contributed by atoms with E-state index in [1.807, 2.05) is 19.2 Å². The van der Waals surface area contributed by atoms with Crippen LogP contribution >= 0.6 is 0 Å². The zero-order valence-corrected chi connectivity index (χ0v) is 12.0. The van der Waals surface area contributed by atoms with Crippen LogP contribution < -0.4 is 10.1 Å². The Morgan fingerprint density at radius 2 is 2.16 bits per heavy atom. The highest BCUT2D eigenvalue weighted by Gasteiger charge is 2.20. The molecule has 0 bridgehead atoms. The van der Waals surface area contributed by atoms with E-state index < -0.39 is 0 Å². The molecule has 1 aliphatic rings. The predicted molar refractivity (Wildman–Crippen MR) is 77.7 cm³/mol. The highest BCUT2D eigenvalue weighted by atomic mass is 16.5. The van der Waals surface area contributed by atoms with Gasteiger partial charge in [0.2, 0.25) is 0 Å². The van der Waals surface area contributed by atoms with Crippen LogP contribution in [0.15, 0.2) is 24.3 Å². The SMILES string of the molecule is CNCC(Cc1ccc(OC)cc1)CC1CCCO1. The molecule has 0 aromatic heterocycles. The van der Waals surface area contributed by atoms with Crippen molar-refractivity contribution in [3.8, 4) is 5.75 Å². The van der Waals surface area contributed by atoms with Crippen molar-refractivity contribution in [2.75, 3.05) is 27.3 Å². The molecule has 1 N–H and O–H groups in total. The summed E-state index contributed by atoms with van der Waals surface area (Å²) in [5, 5.41) is 3.30. The molecule has 0 amide bonds. The fourth-order valence-electron chi connectivity index (χ4n) is 2.82. The summed E-state index contributed by atoms with van der Waals surface area (Å²) in [5.74, 6) is 1.56. The molecule has 2 unspecified atom stereocenters. The van der Waals surface area contributed by atoms with Gasteiger partial charge in [-0.25, -0.2) is 0 Å². The highest BCUT2D eigenvalue weighted by molar-refractivity contribution is 5.27. The molecule has 0 saturated carbocycles. The van der Waals surface area contributed by atoms with Crippen LogP contribution in [-0.4, -0.2) is 33.4 Å². The van der Waals surface area contributed by atoms with E-state index in [1.54, 1.807) is 7.11 Å². The van der Waals surface area contributed by atoms with Crippen LogP contribution in [0, 0.1) is 5.92 Å². The Balaban J connectivity index is 1.90. The molecule has 1 heterocycles. The van der Waals surface area contributed by atoms with Crippen molar-refractivity contribution < 1.29 is 9.47 Å². The number of benzene rings is 1. The van der Waals surface area contributed by atoms with Crippen molar-refractivity contribution >= 4 is 0 Å². The predicted octanol–water partition coefficient (Wildman–Crippen LogP) is 2.64. The standard InChI is InChI=1S/C16H25NO2/c1-17-12-14(11-16-4-3-9-19-16)10-13-5-7-15(18-2)8-6-13/h5-8,14,16-17H,3-4,9-12H2,1-2H3. The first-order chi connectivity index (χ1) is 9.31. The number of methoxy groups -OCH3 is 1. The fourth-order valence-corrected chi connectivity index (χ4v) is 2.82. The lowest BCUT2D eigenvalue weighted by Gasteiger charge is -2.20. The van der Waals surface area contributed by atoms with Gasteiger partial charge in [-0.05, 0) is 62.9 Å². The van der Waals surface area contributed by atoms with Crippen LogP contribution in [0.3, 0.4) is 0 Å². The summed E-state index contributed by atoms with van der Waals surface area (Å²) >= 11 is 0. The number of hydrogen-bond acceptors (Lipinski definition) is 3. The Labute approximate surface area is 116 Å². The van der Waals surface area contributed by atoms with Crippen LogP contribution in [0.25, 0.3) is 0 Å². The second-order valence-corrected chi connectivity index (χ2v) is 5.35. The van der Waals surface area contributed by atoms with E-state index in [0.29, 0.717) is 12.0 Å². The third-order valence-electron chi connectivity index (χ3n) is 3.80. The van der Waals surface area contributed by atoms with Gasteiger partial charge in [-0.15, -0.1) is 0 Å². The summed E-state index contributed by atoms with van der Waals surface area (Å²) in [6, 6.07) is 8.41. The van der Waals surface area contributed by atoms with Gasteiger partial charge < -0.3 is 14.8 Å². The smallest absolute Gasteiger partial charge is 0.118 e. The van der Waals surface area contributed by atoms with Gasteiger partial charge in [0.25, 0.3) is 0 Å². The van der Waals surface area contributed by atoms with Gasteiger partial charge in [0.15, 0.2) is 0 Å². The molecule has 0 aliphatic carbocycles. The topological polar surface area (TPSA) is 30.5 Å². The Kier molecular flexibility index (Phi) is 5.67. The minimum Gasteiger partial charge on any atom is -0.497 e. The van der Waals surface area contributed by atoms with Gasteiger partial charge in [-0.3, -0.25) is 0 Å². The average Bonchev–Trinajstić information content (AvgIpc) is 2.93. The number of hydrogen-bond donors (Lipinski definition) is 1. The van der Waals surface area contributed by atoms with Crippen molar-refractivity contribution in [2.24, 2.45) is 5.92 Å². The number of nitrogens with one attached hydrogen (secondary N) is 1. The Bertz CT molecular complexity index is 358. The van der Waals surface area contributed by atoms with Crippen molar-refractivity contribution in [1.82, 2.24) is 5.32 Å². The molecule has 19 heavy (non-hydrogen) atoms. The van der Waals surface area contributed by atoms with Gasteiger partial charge >= 0.3 is 0 Å². The lowest BCUT2D eigenvalue weighted by Crippen LogP contribution is -2.25. The van der Waals surface area contributed by atoms with E-state index >= 15 is 0 Å². The van der Waals surface area contributed by atoms with Crippen LogP contribution in [0.5, 0.6) is 5.75 Å². The summed E-state index contributed by atoms with van der Waals surface area (Å²) in [6.45, 7) is 1.99. The van der Waals surface area contributed by atoms with Crippen molar-refractivity contribution in [3.63, 3.8) is 0 Å². The quantitative estimate of drug-likeness (QED) is 0.820. The van der Waals surface area contributed by atoms with Gasteiger partial charge in [0.05, 0.1) is 13.2 Å². The third-order valence-corrected chi connectivity index (χ3v) is 3.80. The number of ether oxygens (including phenoxy) is 2. The van der Waals surface area contributed by atoms with E-state index in [2.05, 4.69) is 17.4 Å². The van der Waals surface area contributed by atoms with E-state index in [-0.39, 0.29) is 0 Å².